The molecule has 0 atom stereocenters. The summed E-state index contributed by atoms with van der Waals surface area (Å²) >= 11 is 0. The Hall–Kier alpha value is -2.08. The Morgan fingerprint density at radius 1 is 1.17 bits per heavy atom. The molecule has 1 saturated heterocycles. The average molecular weight is 333 g/mol. The maximum Gasteiger partial charge on any atom is 0.412 e. The fourth-order valence-corrected chi connectivity index (χ4v) is 2.60. The minimum absolute atomic E-state index is 0.00130. The first-order chi connectivity index (χ1) is 11.3. The number of hydrogen-bond acceptors (Lipinski definition) is 4. The number of anilines is 1. The van der Waals surface area contributed by atoms with Crippen LogP contribution in [-0.2, 0) is 4.74 Å². The molecule has 1 aliphatic heterocycles. The summed E-state index contributed by atoms with van der Waals surface area (Å²) in [7, 11) is 0. The first-order valence-electron chi connectivity index (χ1n) is 8.40. The third kappa shape index (κ3) is 5.23. The Bertz CT molecular complexity index is 587. The van der Waals surface area contributed by atoms with Gasteiger partial charge in [0.15, 0.2) is 0 Å². The van der Waals surface area contributed by atoms with Gasteiger partial charge in [-0.2, -0.15) is 0 Å². The van der Waals surface area contributed by atoms with E-state index in [1.54, 1.807) is 24.3 Å². The quantitative estimate of drug-likeness (QED) is 0.924. The Labute approximate surface area is 143 Å². The second kappa shape index (κ2) is 7.66. The molecule has 1 heterocycles. The van der Waals surface area contributed by atoms with Crippen LogP contribution in [0.4, 0.5) is 10.5 Å². The SMILES string of the molecule is CCN1CCN(C(=O)c2cccc(NC(=O)OC(C)(C)C)c2)CC1. The van der Waals surface area contributed by atoms with Crippen LogP contribution in [0.3, 0.4) is 0 Å². The predicted molar refractivity (Wildman–Crippen MR) is 94.3 cm³/mol. The maximum atomic E-state index is 12.6. The van der Waals surface area contributed by atoms with E-state index < -0.39 is 11.7 Å². The zero-order valence-corrected chi connectivity index (χ0v) is 15.0. The molecule has 2 amide bonds. The Balaban J connectivity index is 1.99. The molecule has 0 aliphatic carbocycles. The first kappa shape index (κ1) is 18.3. The summed E-state index contributed by atoms with van der Waals surface area (Å²) in [6.45, 7) is 11.8. The number of ether oxygens (including phenoxy) is 1. The third-order valence-corrected chi connectivity index (χ3v) is 3.86. The number of nitrogens with one attached hydrogen (secondary N) is 1. The number of rotatable bonds is 3. The van der Waals surface area contributed by atoms with Crippen LogP contribution in [-0.4, -0.2) is 60.1 Å². The lowest BCUT2D eigenvalue weighted by Gasteiger charge is -2.34. The van der Waals surface area contributed by atoms with Gasteiger partial charge in [-0.3, -0.25) is 10.1 Å². The molecule has 6 heteroatoms. The summed E-state index contributed by atoms with van der Waals surface area (Å²) in [5.41, 5.74) is 0.576. The highest BCUT2D eigenvalue weighted by Crippen LogP contribution is 2.16. The van der Waals surface area contributed by atoms with E-state index in [2.05, 4.69) is 17.1 Å². The van der Waals surface area contributed by atoms with Crippen LogP contribution in [0.2, 0.25) is 0 Å². The largest absolute Gasteiger partial charge is 0.444 e. The van der Waals surface area contributed by atoms with Gasteiger partial charge < -0.3 is 14.5 Å². The lowest BCUT2D eigenvalue weighted by atomic mass is 10.1. The summed E-state index contributed by atoms with van der Waals surface area (Å²) in [6, 6.07) is 6.98. The topological polar surface area (TPSA) is 61.9 Å². The molecule has 0 saturated carbocycles. The number of benzene rings is 1. The van der Waals surface area contributed by atoms with E-state index in [-0.39, 0.29) is 5.91 Å². The minimum atomic E-state index is -0.559. The van der Waals surface area contributed by atoms with Crippen molar-refractivity contribution in [3.05, 3.63) is 29.8 Å². The van der Waals surface area contributed by atoms with Crippen molar-refractivity contribution in [1.29, 1.82) is 0 Å². The van der Waals surface area contributed by atoms with Crippen molar-refractivity contribution in [2.75, 3.05) is 38.0 Å². The second-order valence-corrected chi connectivity index (χ2v) is 6.93. The number of carbonyl (C=O) groups excluding carboxylic acids is 2. The van der Waals surface area contributed by atoms with Crippen LogP contribution in [0, 0.1) is 0 Å². The number of amides is 2. The molecule has 0 aromatic heterocycles. The molecule has 1 fully saturated rings. The van der Waals surface area contributed by atoms with Gasteiger partial charge in [0.1, 0.15) is 5.60 Å². The fourth-order valence-electron chi connectivity index (χ4n) is 2.60. The molecule has 6 nitrogen and oxygen atoms in total. The molecule has 1 aromatic carbocycles. The van der Waals surface area contributed by atoms with E-state index in [4.69, 9.17) is 4.74 Å². The molecule has 0 bridgehead atoms. The van der Waals surface area contributed by atoms with Gasteiger partial charge in [0.05, 0.1) is 0 Å². The number of carbonyl (C=O) groups is 2. The van der Waals surface area contributed by atoms with Gasteiger partial charge in [0.25, 0.3) is 5.91 Å². The molecule has 1 N–H and O–H groups in total. The second-order valence-electron chi connectivity index (χ2n) is 6.93. The van der Waals surface area contributed by atoms with Crippen LogP contribution in [0.25, 0.3) is 0 Å². The molecule has 2 rings (SSSR count). The standard InChI is InChI=1S/C18H27N3O3/c1-5-20-9-11-21(12-10-20)16(22)14-7-6-8-15(13-14)19-17(23)24-18(2,3)4/h6-8,13H,5,9-12H2,1-4H3,(H,19,23). The molecule has 132 valence electrons. The zero-order valence-electron chi connectivity index (χ0n) is 15.0. The van der Waals surface area contributed by atoms with E-state index >= 15 is 0 Å². The van der Waals surface area contributed by atoms with Crippen molar-refractivity contribution in [1.82, 2.24) is 9.80 Å². The molecular formula is C18H27N3O3. The van der Waals surface area contributed by atoms with Gasteiger partial charge in [-0.1, -0.05) is 13.0 Å². The highest BCUT2D eigenvalue weighted by atomic mass is 16.6. The zero-order chi connectivity index (χ0) is 17.7. The smallest absolute Gasteiger partial charge is 0.412 e. The van der Waals surface area contributed by atoms with Crippen molar-refractivity contribution in [2.24, 2.45) is 0 Å². The van der Waals surface area contributed by atoms with Crippen LogP contribution in [0.1, 0.15) is 38.1 Å². The van der Waals surface area contributed by atoms with Gasteiger partial charge in [-0.05, 0) is 45.5 Å². The Kier molecular flexibility index (Phi) is 5.83. The lowest BCUT2D eigenvalue weighted by molar-refractivity contribution is 0.0627. The van der Waals surface area contributed by atoms with Gasteiger partial charge in [0.2, 0.25) is 0 Å². The highest BCUT2D eigenvalue weighted by Gasteiger charge is 2.22. The summed E-state index contributed by atoms with van der Waals surface area (Å²) in [5.74, 6) is -0.00130. The van der Waals surface area contributed by atoms with Crippen molar-refractivity contribution >= 4 is 17.7 Å². The number of likely N-dealkylation sites (N-methyl/N-ethyl adjacent to an activating group) is 1. The molecule has 1 aromatic rings. The monoisotopic (exact) mass is 333 g/mol. The highest BCUT2D eigenvalue weighted by molar-refractivity contribution is 5.96. The lowest BCUT2D eigenvalue weighted by Crippen LogP contribution is -2.48. The Morgan fingerprint density at radius 3 is 2.42 bits per heavy atom. The van der Waals surface area contributed by atoms with Gasteiger partial charge in [-0.15, -0.1) is 0 Å². The molecule has 24 heavy (non-hydrogen) atoms. The van der Waals surface area contributed by atoms with Crippen LogP contribution >= 0.6 is 0 Å². The minimum Gasteiger partial charge on any atom is -0.444 e. The van der Waals surface area contributed by atoms with Crippen molar-refractivity contribution in [3.8, 4) is 0 Å². The van der Waals surface area contributed by atoms with Crippen molar-refractivity contribution in [3.63, 3.8) is 0 Å². The molecule has 0 unspecified atom stereocenters. The van der Waals surface area contributed by atoms with E-state index in [1.165, 1.54) is 0 Å². The normalized spacial score (nSPS) is 15.9. The number of piperazine rings is 1. The average Bonchev–Trinajstić information content (AvgIpc) is 2.52. The predicted octanol–water partition coefficient (Wildman–Crippen LogP) is 2.81. The maximum absolute atomic E-state index is 12.6. The first-order valence-corrected chi connectivity index (χ1v) is 8.40. The molecule has 1 aliphatic rings. The van der Waals surface area contributed by atoms with Gasteiger partial charge >= 0.3 is 6.09 Å². The van der Waals surface area contributed by atoms with Crippen molar-refractivity contribution in [2.45, 2.75) is 33.3 Å². The van der Waals surface area contributed by atoms with E-state index in [9.17, 15) is 9.59 Å². The van der Waals surface area contributed by atoms with Gasteiger partial charge in [0, 0.05) is 37.4 Å². The van der Waals surface area contributed by atoms with Crippen LogP contribution < -0.4 is 5.32 Å². The number of nitrogens with zero attached hydrogens (tertiary/aromatic N) is 2. The summed E-state index contributed by atoms with van der Waals surface area (Å²) in [6.07, 6.45) is -0.524. The van der Waals surface area contributed by atoms with Gasteiger partial charge in [-0.25, -0.2) is 4.79 Å². The van der Waals surface area contributed by atoms with E-state index in [0.717, 1.165) is 32.7 Å². The van der Waals surface area contributed by atoms with Crippen molar-refractivity contribution < 1.29 is 14.3 Å². The summed E-state index contributed by atoms with van der Waals surface area (Å²) in [4.78, 5) is 28.7. The Morgan fingerprint density at radius 2 is 1.83 bits per heavy atom. The molecule has 0 spiro atoms. The summed E-state index contributed by atoms with van der Waals surface area (Å²) < 4.78 is 5.23. The van der Waals surface area contributed by atoms with Crippen LogP contribution in [0.5, 0.6) is 0 Å². The summed E-state index contributed by atoms with van der Waals surface area (Å²) in [5, 5.41) is 2.67. The van der Waals surface area contributed by atoms with E-state index in [0.29, 0.717) is 11.3 Å². The third-order valence-electron chi connectivity index (χ3n) is 3.86. The fraction of sp³-hybridized carbons (Fsp3) is 0.556. The van der Waals surface area contributed by atoms with E-state index in [1.807, 2.05) is 25.7 Å². The molecule has 0 radical (unpaired) electrons. The number of hydrogen-bond donors (Lipinski definition) is 1. The molecular weight excluding hydrogens is 306 g/mol. The van der Waals surface area contributed by atoms with Crippen LogP contribution in [0.15, 0.2) is 24.3 Å².